The molecular weight excluding hydrogens is 248 g/mol. The highest BCUT2D eigenvalue weighted by molar-refractivity contribution is 5.75. The summed E-state index contributed by atoms with van der Waals surface area (Å²) in [5, 5.41) is 11.6. The van der Waals surface area contributed by atoms with Crippen molar-refractivity contribution < 1.29 is 19.4 Å². The summed E-state index contributed by atoms with van der Waals surface area (Å²) in [5.74, 6) is -1.01. The first-order chi connectivity index (χ1) is 9.04. The zero-order valence-electron chi connectivity index (χ0n) is 11.7. The fraction of sp³-hybridized carbons (Fsp3) is 0.846. The van der Waals surface area contributed by atoms with Crippen molar-refractivity contribution in [2.75, 3.05) is 33.4 Å². The molecule has 2 atom stereocenters. The van der Waals surface area contributed by atoms with Crippen molar-refractivity contribution in [1.29, 1.82) is 0 Å². The maximum absolute atomic E-state index is 11.8. The van der Waals surface area contributed by atoms with E-state index in [1.807, 2.05) is 0 Å². The molecule has 0 aliphatic carbocycles. The maximum atomic E-state index is 11.8. The third-order valence-corrected chi connectivity index (χ3v) is 3.48. The van der Waals surface area contributed by atoms with Crippen molar-refractivity contribution in [3.63, 3.8) is 0 Å². The molecule has 110 valence electrons. The first-order valence-corrected chi connectivity index (χ1v) is 6.84. The topological polar surface area (TPSA) is 78.9 Å². The van der Waals surface area contributed by atoms with Crippen LogP contribution in [0.15, 0.2) is 0 Å². The van der Waals surface area contributed by atoms with Gasteiger partial charge >= 0.3 is 12.0 Å². The van der Waals surface area contributed by atoms with Crippen LogP contribution < -0.4 is 5.32 Å². The van der Waals surface area contributed by atoms with Crippen LogP contribution in [0.4, 0.5) is 4.79 Å². The standard InChI is InChI=1S/C13H24N2O4/c1-3-11(12(16)17)7-14-13(18)15(2)8-10-5-4-6-19-9-10/h10-11H,3-9H2,1-2H3,(H,14,18)(H,16,17). The van der Waals surface area contributed by atoms with Gasteiger partial charge in [0.15, 0.2) is 0 Å². The minimum Gasteiger partial charge on any atom is -0.481 e. The lowest BCUT2D eigenvalue weighted by Gasteiger charge is -2.27. The monoisotopic (exact) mass is 272 g/mol. The summed E-state index contributed by atoms with van der Waals surface area (Å²) < 4.78 is 5.37. The van der Waals surface area contributed by atoms with Crippen molar-refractivity contribution >= 4 is 12.0 Å². The Hall–Kier alpha value is -1.30. The molecule has 1 saturated heterocycles. The van der Waals surface area contributed by atoms with Gasteiger partial charge in [-0.15, -0.1) is 0 Å². The highest BCUT2D eigenvalue weighted by Crippen LogP contribution is 2.14. The summed E-state index contributed by atoms with van der Waals surface area (Å²) in [6.07, 6.45) is 2.62. The van der Waals surface area contributed by atoms with Crippen molar-refractivity contribution in [3.8, 4) is 0 Å². The number of hydrogen-bond donors (Lipinski definition) is 2. The maximum Gasteiger partial charge on any atom is 0.317 e. The van der Waals surface area contributed by atoms with E-state index in [-0.39, 0.29) is 12.6 Å². The van der Waals surface area contributed by atoms with Crippen molar-refractivity contribution in [2.24, 2.45) is 11.8 Å². The molecule has 1 rings (SSSR count). The van der Waals surface area contributed by atoms with Gasteiger partial charge in [0, 0.05) is 32.7 Å². The van der Waals surface area contributed by atoms with E-state index < -0.39 is 11.9 Å². The van der Waals surface area contributed by atoms with Gasteiger partial charge in [0.1, 0.15) is 0 Å². The second-order valence-corrected chi connectivity index (χ2v) is 5.09. The molecule has 1 fully saturated rings. The Morgan fingerprint density at radius 1 is 1.53 bits per heavy atom. The first-order valence-electron chi connectivity index (χ1n) is 6.84. The van der Waals surface area contributed by atoms with Crippen molar-refractivity contribution in [1.82, 2.24) is 10.2 Å². The normalized spacial score (nSPS) is 20.6. The second-order valence-electron chi connectivity index (χ2n) is 5.09. The minimum atomic E-state index is -0.869. The Morgan fingerprint density at radius 3 is 2.79 bits per heavy atom. The molecular formula is C13H24N2O4. The highest BCUT2D eigenvalue weighted by atomic mass is 16.5. The van der Waals surface area contributed by atoms with Crippen molar-refractivity contribution in [3.05, 3.63) is 0 Å². The van der Waals surface area contributed by atoms with Crippen LogP contribution in [0.3, 0.4) is 0 Å². The molecule has 0 bridgehead atoms. The quantitative estimate of drug-likeness (QED) is 0.760. The third kappa shape index (κ3) is 5.46. The molecule has 0 saturated carbocycles. The summed E-state index contributed by atoms with van der Waals surface area (Å²) in [6.45, 7) is 4.13. The second kappa shape index (κ2) is 7.99. The van der Waals surface area contributed by atoms with Crippen LogP contribution in [0.25, 0.3) is 0 Å². The molecule has 0 aromatic heterocycles. The molecule has 2 unspecified atom stereocenters. The SMILES string of the molecule is CCC(CNC(=O)N(C)CC1CCCOC1)C(=O)O. The van der Waals surface area contributed by atoms with Gasteiger partial charge < -0.3 is 20.1 Å². The van der Waals surface area contributed by atoms with Gasteiger partial charge in [-0.25, -0.2) is 4.79 Å². The van der Waals surface area contributed by atoms with Gasteiger partial charge in [-0.3, -0.25) is 4.79 Å². The average Bonchev–Trinajstić information content (AvgIpc) is 2.39. The van der Waals surface area contributed by atoms with Crippen LogP contribution in [0.1, 0.15) is 26.2 Å². The summed E-state index contributed by atoms with van der Waals surface area (Å²) in [7, 11) is 1.73. The Kier molecular flexibility index (Phi) is 6.62. The van der Waals surface area contributed by atoms with E-state index in [4.69, 9.17) is 9.84 Å². The first kappa shape index (κ1) is 15.8. The molecule has 19 heavy (non-hydrogen) atoms. The zero-order valence-corrected chi connectivity index (χ0v) is 11.7. The fourth-order valence-corrected chi connectivity index (χ4v) is 2.17. The van der Waals surface area contributed by atoms with Crippen LogP contribution in [0, 0.1) is 11.8 Å². The van der Waals surface area contributed by atoms with Crippen LogP contribution in [-0.2, 0) is 9.53 Å². The largest absolute Gasteiger partial charge is 0.481 e. The van der Waals surface area contributed by atoms with Gasteiger partial charge in [0.05, 0.1) is 12.5 Å². The van der Waals surface area contributed by atoms with E-state index >= 15 is 0 Å². The Balaban J connectivity index is 2.29. The molecule has 1 aliphatic rings. The molecule has 1 aliphatic heterocycles. The molecule has 6 nitrogen and oxygen atoms in total. The van der Waals surface area contributed by atoms with E-state index in [9.17, 15) is 9.59 Å². The highest BCUT2D eigenvalue weighted by Gasteiger charge is 2.20. The number of ether oxygens (including phenoxy) is 1. The number of aliphatic carboxylic acids is 1. The number of nitrogens with one attached hydrogen (secondary N) is 1. The van der Waals surface area contributed by atoms with Crippen LogP contribution in [0.5, 0.6) is 0 Å². The molecule has 1 heterocycles. The van der Waals surface area contributed by atoms with Gasteiger partial charge in [-0.05, 0) is 19.3 Å². The van der Waals surface area contributed by atoms with E-state index in [0.717, 1.165) is 19.4 Å². The van der Waals surface area contributed by atoms with E-state index in [1.165, 1.54) is 0 Å². The lowest BCUT2D eigenvalue weighted by Crippen LogP contribution is -2.43. The average molecular weight is 272 g/mol. The lowest BCUT2D eigenvalue weighted by atomic mass is 10.0. The van der Waals surface area contributed by atoms with E-state index in [1.54, 1.807) is 18.9 Å². The molecule has 2 amide bonds. The number of urea groups is 1. The summed E-state index contributed by atoms with van der Waals surface area (Å²) in [5.41, 5.74) is 0. The number of amides is 2. The Bertz CT molecular complexity index is 303. The minimum absolute atomic E-state index is 0.177. The predicted molar refractivity (Wildman–Crippen MR) is 71.0 cm³/mol. The fourth-order valence-electron chi connectivity index (χ4n) is 2.17. The van der Waals surface area contributed by atoms with E-state index in [0.29, 0.717) is 25.5 Å². The van der Waals surface area contributed by atoms with Gasteiger partial charge in [-0.1, -0.05) is 6.92 Å². The summed E-state index contributed by atoms with van der Waals surface area (Å²) in [6, 6.07) is -0.217. The number of carboxylic acids is 1. The van der Waals surface area contributed by atoms with Gasteiger partial charge in [-0.2, -0.15) is 0 Å². The van der Waals surface area contributed by atoms with Crippen LogP contribution >= 0.6 is 0 Å². The predicted octanol–water partition coefficient (Wildman–Crippen LogP) is 1.17. The molecule has 6 heteroatoms. The number of carbonyl (C=O) groups is 2. The number of carboxylic acid groups (broad SMARTS) is 1. The Morgan fingerprint density at radius 2 is 2.26 bits per heavy atom. The Labute approximate surface area is 114 Å². The summed E-state index contributed by atoms with van der Waals surface area (Å²) in [4.78, 5) is 24.3. The summed E-state index contributed by atoms with van der Waals surface area (Å²) >= 11 is 0. The van der Waals surface area contributed by atoms with Crippen LogP contribution in [-0.4, -0.2) is 55.4 Å². The number of hydrogen-bond acceptors (Lipinski definition) is 3. The number of rotatable bonds is 6. The molecule has 0 spiro atoms. The molecule has 0 radical (unpaired) electrons. The van der Waals surface area contributed by atoms with Gasteiger partial charge in [0.25, 0.3) is 0 Å². The zero-order chi connectivity index (χ0) is 14.3. The van der Waals surface area contributed by atoms with Crippen LogP contribution in [0.2, 0.25) is 0 Å². The van der Waals surface area contributed by atoms with Gasteiger partial charge in [0.2, 0.25) is 0 Å². The van der Waals surface area contributed by atoms with Crippen molar-refractivity contribution in [2.45, 2.75) is 26.2 Å². The smallest absolute Gasteiger partial charge is 0.317 e. The number of carbonyl (C=O) groups excluding carboxylic acids is 1. The van der Waals surface area contributed by atoms with E-state index in [2.05, 4.69) is 5.32 Å². The number of nitrogens with zero attached hydrogens (tertiary/aromatic N) is 1. The molecule has 2 N–H and O–H groups in total. The lowest BCUT2D eigenvalue weighted by molar-refractivity contribution is -0.141. The molecule has 0 aromatic rings. The molecule has 0 aromatic carbocycles. The third-order valence-electron chi connectivity index (χ3n) is 3.48.